The maximum absolute atomic E-state index is 13.2. The van der Waals surface area contributed by atoms with E-state index in [0.29, 0.717) is 31.7 Å². The number of amides is 1. The molecule has 0 saturated carbocycles. The van der Waals surface area contributed by atoms with Crippen LogP contribution in [0.3, 0.4) is 0 Å². The van der Waals surface area contributed by atoms with Crippen molar-refractivity contribution in [3.8, 4) is 23.1 Å². The number of benzene rings is 2. The third-order valence-electron chi connectivity index (χ3n) is 6.04. The maximum Gasteiger partial charge on any atom is 0.252 e. The maximum atomic E-state index is 13.2. The molecule has 37 heavy (non-hydrogen) atoms. The standard InChI is InChI=1S/C30H31N5O2/c1-2-37-25-12-10-24(11-13-25)29-20-26(27-21-32-17-14-28(27)34-29)30(36)33-16-7-19-35(18-6-15-31)22-23-8-4-3-5-9-23/h3-5,8-14,17,20-21H,2,6-7,16,18-19,22H2,1H3,(H,33,36). The van der Waals surface area contributed by atoms with Crippen LogP contribution < -0.4 is 10.1 Å². The van der Waals surface area contributed by atoms with Gasteiger partial charge in [0.15, 0.2) is 0 Å². The van der Waals surface area contributed by atoms with E-state index in [4.69, 9.17) is 15.0 Å². The minimum atomic E-state index is -0.153. The summed E-state index contributed by atoms with van der Waals surface area (Å²) in [5.74, 6) is 0.643. The number of hydrogen-bond donors (Lipinski definition) is 1. The summed E-state index contributed by atoms with van der Waals surface area (Å²) in [5.41, 5.74) is 4.11. The zero-order valence-corrected chi connectivity index (χ0v) is 21.1. The van der Waals surface area contributed by atoms with Gasteiger partial charge in [-0.25, -0.2) is 4.98 Å². The average Bonchev–Trinajstić information content (AvgIpc) is 2.94. The highest BCUT2D eigenvalue weighted by atomic mass is 16.5. The summed E-state index contributed by atoms with van der Waals surface area (Å²) in [4.78, 5) is 24.5. The van der Waals surface area contributed by atoms with Crippen LogP contribution >= 0.6 is 0 Å². The fourth-order valence-electron chi connectivity index (χ4n) is 4.21. The zero-order valence-electron chi connectivity index (χ0n) is 21.1. The number of nitrogens with zero attached hydrogens (tertiary/aromatic N) is 4. The first-order valence-electron chi connectivity index (χ1n) is 12.6. The van der Waals surface area contributed by atoms with Crippen molar-refractivity contribution >= 4 is 16.8 Å². The third-order valence-corrected chi connectivity index (χ3v) is 6.04. The average molecular weight is 494 g/mol. The van der Waals surface area contributed by atoms with E-state index in [-0.39, 0.29) is 5.91 Å². The molecule has 0 atom stereocenters. The van der Waals surface area contributed by atoms with E-state index in [9.17, 15) is 4.79 Å². The molecule has 4 rings (SSSR count). The van der Waals surface area contributed by atoms with Gasteiger partial charge in [-0.1, -0.05) is 30.3 Å². The lowest BCUT2D eigenvalue weighted by Crippen LogP contribution is -2.30. The SMILES string of the molecule is CCOc1ccc(-c2cc(C(=O)NCCCN(CCC#N)Cc3ccccc3)c3cnccc3n2)cc1. The van der Waals surface area contributed by atoms with Crippen LogP contribution in [0.2, 0.25) is 0 Å². The summed E-state index contributed by atoms with van der Waals surface area (Å²) in [5, 5.41) is 12.8. The minimum Gasteiger partial charge on any atom is -0.494 e. The molecule has 1 N–H and O–H groups in total. The molecular weight excluding hydrogens is 462 g/mol. The van der Waals surface area contributed by atoms with Gasteiger partial charge in [0.25, 0.3) is 5.91 Å². The lowest BCUT2D eigenvalue weighted by atomic mass is 10.0. The van der Waals surface area contributed by atoms with Crippen molar-refractivity contribution in [1.29, 1.82) is 5.26 Å². The number of rotatable bonds is 12. The zero-order chi connectivity index (χ0) is 25.9. The van der Waals surface area contributed by atoms with Gasteiger partial charge < -0.3 is 10.1 Å². The van der Waals surface area contributed by atoms with Gasteiger partial charge in [-0.3, -0.25) is 14.7 Å². The van der Waals surface area contributed by atoms with Gasteiger partial charge >= 0.3 is 0 Å². The van der Waals surface area contributed by atoms with Gasteiger partial charge in [0.05, 0.1) is 29.5 Å². The lowest BCUT2D eigenvalue weighted by molar-refractivity contribution is 0.0953. The highest BCUT2D eigenvalue weighted by molar-refractivity contribution is 6.06. The number of pyridine rings is 2. The number of ether oxygens (including phenoxy) is 1. The summed E-state index contributed by atoms with van der Waals surface area (Å²) >= 11 is 0. The van der Waals surface area contributed by atoms with Crippen LogP contribution in [-0.2, 0) is 6.54 Å². The molecular formula is C30H31N5O2. The number of hydrogen-bond acceptors (Lipinski definition) is 6. The molecule has 7 heteroatoms. The molecule has 2 aromatic carbocycles. The van der Waals surface area contributed by atoms with Gasteiger partial charge in [0.2, 0.25) is 0 Å². The number of nitrogens with one attached hydrogen (secondary N) is 1. The number of aromatic nitrogens is 2. The Hall–Kier alpha value is -4.28. The second kappa shape index (κ2) is 13.1. The number of carbonyl (C=O) groups is 1. The van der Waals surface area contributed by atoms with Crippen molar-refractivity contribution in [1.82, 2.24) is 20.2 Å². The van der Waals surface area contributed by atoms with Crippen LogP contribution in [0.15, 0.2) is 79.1 Å². The third kappa shape index (κ3) is 7.12. The molecule has 7 nitrogen and oxygen atoms in total. The van der Waals surface area contributed by atoms with Crippen LogP contribution in [0.5, 0.6) is 5.75 Å². The molecule has 0 aliphatic rings. The van der Waals surface area contributed by atoms with Crippen LogP contribution in [-0.4, -0.2) is 47.0 Å². The van der Waals surface area contributed by atoms with Crippen molar-refractivity contribution in [2.75, 3.05) is 26.2 Å². The molecule has 188 valence electrons. The summed E-state index contributed by atoms with van der Waals surface area (Å²) in [6, 6.07) is 23.8. The molecule has 0 aliphatic carbocycles. The van der Waals surface area contributed by atoms with Gasteiger partial charge in [-0.2, -0.15) is 5.26 Å². The molecule has 4 aromatic rings. The Kier molecular flexibility index (Phi) is 9.17. The first-order chi connectivity index (χ1) is 18.2. The van der Waals surface area contributed by atoms with Gasteiger partial charge in [-0.15, -0.1) is 0 Å². The number of nitriles is 1. The largest absolute Gasteiger partial charge is 0.494 e. The summed E-state index contributed by atoms with van der Waals surface area (Å²) in [6.07, 6.45) is 4.62. The van der Waals surface area contributed by atoms with Crippen molar-refractivity contribution in [3.63, 3.8) is 0 Å². The molecule has 0 bridgehead atoms. The first-order valence-corrected chi connectivity index (χ1v) is 12.6. The van der Waals surface area contributed by atoms with Crippen molar-refractivity contribution in [2.45, 2.75) is 26.3 Å². The van der Waals surface area contributed by atoms with Crippen molar-refractivity contribution in [3.05, 3.63) is 90.3 Å². The normalized spacial score (nSPS) is 10.8. The Morgan fingerprint density at radius 2 is 1.89 bits per heavy atom. The van der Waals surface area contributed by atoms with E-state index in [2.05, 4.69) is 33.4 Å². The molecule has 2 heterocycles. The number of fused-ring (bicyclic) bond motifs is 1. The Morgan fingerprint density at radius 3 is 2.65 bits per heavy atom. The predicted molar refractivity (Wildman–Crippen MR) is 145 cm³/mol. The number of carbonyl (C=O) groups excluding carboxylic acids is 1. The molecule has 0 saturated heterocycles. The van der Waals surface area contributed by atoms with E-state index in [1.165, 1.54) is 5.56 Å². The quantitative estimate of drug-likeness (QED) is 0.272. The highest BCUT2D eigenvalue weighted by Crippen LogP contribution is 2.26. The molecule has 0 aliphatic heterocycles. The molecule has 0 unspecified atom stereocenters. The van der Waals surface area contributed by atoms with E-state index in [0.717, 1.165) is 47.4 Å². The highest BCUT2D eigenvalue weighted by Gasteiger charge is 2.15. The smallest absolute Gasteiger partial charge is 0.252 e. The van der Waals surface area contributed by atoms with E-state index < -0.39 is 0 Å². The van der Waals surface area contributed by atoms with Crippen molar-refractivity contribution < 1.29 is 9.53 Å². The Morgan fingerprint density at radius 1 is 1.08 bits per heavy atom. The van der Waals surface area contributed by atoms with E-state index in [1.807, 2.05) is 61.5 Å². The summed E-state index contributed by atoms with van der Waals surface area (Å²) < 4.78 is 5.54. The molecule has 0 fully saturated rings. The second-order valence-electron chi connectivity index (χ2n) is 8.68. The minimum absolute atomic E-state index is 0.153. The van der Waals surface area contributed by atoms with Crippen LogP contribution in [0.4, 0.5) is 0 Å². The fraction of sp³-hybridized carbons (Fsp3) is 0.267. The molecule has 0 radical (unpaired) electrons. The topological polar surface area (TPSA) is 91.1 Å². The first kappa shape index (κ1) is 25.8. The lowest BCUT2D eigenvalue weighted by Gasteiger charge is -2.21. The van der Waals surface area contributed by atoms with E-state index in [1.54, 1.807) is 12.4 Å². The van der Waals surface area contributed by atoms with Gasteiger partial charge in [0, 0.05) is 55.9 Å². The molecule has 2 aromatic heterocycles. The van der Waals surface area contributed by atoms with Crippen molar-refractivity contribution in [2.24, 2.45) is 0 Å². The van der Waals surface area contributed by atoms with Gasteiger partial charge in [0.1, 0.15) is 5.75 Å². The van der Waals surface area contributed by atoms with Crippen LogP contribution in [0, 0.1) is 11.3 Å². The molecule has 1 amide bonds. The van der Waals surface area contributed by atoms with Crippen LogP contribution in [0.25, 0.3) is 22.2 Å². The monoisotopic (exact) mass is 493 g/mol. The Labute approximate surface area is 217 Å². The fourth-order valence-corrected chi connectivity index (χ4v) is 4.21. The van der Waals surface area contributed by atoms with Crippen LogP contribution in [0.1, 0.15) is 35.7 Å². The Bertz CT molecular complexity index is 1350. The second-order valence-corrected chi connectivity index (χ2v) is 8.68. The molecule has 0 spiro atoms. The van der Waals surface area contributed by atoms with Gasteiger partial charge in [-0.05, 0) is 55.3 Å². The van der Waals surface area contributed by atoms with E-state index >= 15 is 0 Å². The summed E-state index contributed by atoms with van der Waals surface area (Å²) in [7, 11) is 0. The Balaban J connectivity index is 1.43. The summed E-state index contributed by atoms with van der Waals surface area (Å²) in [6.45, 7) is 5.35. The predicted octanol–water partition coefficient (Wildman–Crippen LogP) is 5.23.